The van der Waals surface area contributed by atoms with Crippen molar-refractivity contribution in [3.63, 3.8) is 0 Å². The SMILES string of the molecule is CCCNCc1ccc(-n2cnc3ccccc32)cc1Cl. The standard InChI is InChI=1S/C17H18ClN3/c1-2-9-19-11-13-7-8-14(10-15(13)18)21-12-20-16-5-3-4-6-17(16)21/h3-8,10,12,19H,2,9,11H2,1H3. The molecule has 108 valence electrons. The Morgan fingerprint density at radius 1 is 1.19 bits per heavy atom. The van der Waals surface area contributed by atoms with Crippen molar-refractivity contribution in [2.45, 2.75) is 19.9 Å². The third-order valence-corrected chi connectivity index (χ3v) is 3.86. The second-order valence-electron chi connectivity index (χ2n) is 5.06. The molecule has 0 spiro atoms. The summed E-state index contributed by atoms with van der Waals surface area (Å²) in [5.74, 6) is 0. The summed E-state index contributed by atoms with van der Waals surface area (Å²) in [6.07, 6.45) is 2.96. The molecular weight excluding hydrogens is 282 g/mol. The molecule has 0 aliphatic carbocycles. The van der Waals surface area contributed by atoms with Crippen LogP contribution in [0, 0.1) is 0 Å². The van der Waals surface area contributed by atoms with Gasteiger partial charge >= 0.3 is 0 Å². The van der Waals surface area contributed by atoms with Gasteiger partial charge in [0.25, 0.3) is 0 Å². The van der Waals surface area contributed by atoms with Crippen LogP contribution in [0.15, 0.2) is 48.8 Å². The van der Waals surface area contributed by atoms with Crippen molar-refractivity contribution in [1.29, 1.82) is 0 Å². The number of nitrogens with zero attached hydrogens (tertiary/aromatic N) is 2. The van der Waals surface area contributed by atoms with Crippen molar-refractivity contribution in [3.8, 4) is 5.69 Å². The maximum Gasteiger partial charge on any atom is 0.100 e. The number of hydrogen-bond acceptors (Lipinski definition) is 2. The van der Waals surface area contributed by atoms with Crippen molar-refractivity contribution in [2.24, 2.45) is 0 Å². The maximum atomic E-state index is 6.40. The Hall–Kier alpha value is -1.84. The molecule has 3 rings (SSSR count). The fourth-order valence-electron chi connectivity index (χ4n) is 2.39. The Balaban J connectivity index is 1.91. The molecule has 0 fully saturated rings. The van der Waals surface area contributed by atoms with Gasteiger partial charge in [-0.3, -0.25) is 4.57 Å². The zero-order valence-corrected chi connectivity index (χ0v) is 12.8. The van der Waals surface area contributed by atoms with Gasteiger partial charge in [-0.2, -0.15) is 0 Å². The third kappa shape index (κ3) is 2.94. The Bertz CT molecular complexity index is 749. The van der Waals surface area contributed by atoms with Gasteiger partial charge in [0.2, 0.25) is 0 Å². The number of nitrogens with one attached hydrogen (secondary N) is 1. The number of hydrogen-bond donors (Lipinski definition) is 1. The average molecular weight is 300 g/mol. The van der Waals surface area contributed by atoms with Crippen LogP contribution in [-0.2, 0) is 6.54 Å². The summed E-state index contributed by atoms with van der Waals surface area (Å²) >= 11 is 6.40. The average Bonchev–Trinajstić information content (AvgIpc) is 2.93. The molecule has 1 heterocycles. The van der Waals surface area contributed by atoms with Gasteiger partial charge in [-0.15, -0.1) is 0 Å². The van der Waals surface area contributed by atoms with Crippen LogP contribution in [0.1, 0.15) is 18.9 Å². The van der Waals surface area contributed by atoms with E-state index in [0.717, 1.165) is 46.8 Å². The Morgan fingerprint density at radius 2 is 2.05 bits per heavy atom. The van der Waals surface area contributed by atoms with Gasteiger partial charge in [0.05, 0.1) is 11.0 Å². The first-order valence-electron chi connectivity index (χ1n) is 7.21. The molecule has 0 unspecified atom stereocenters. The highest BCUT2D eigenvalue weighted by atomic mass is 35.5. The summed E-state index contributed by atoms with van der Waals surface area (Å²) in [5.41, 5.74) is 4.24. The number of aromatic nitrogens is 2. The van der Waals surface area contributed by atoms with Crippen molar-refractivity contribution < 1.29 is 0 Å². The van der Waals surface area contributed by atoms with E-state index in [0.29, 0.717) is 0 Å². The molecule has 1 aromatic heterocycles. The quantitative estimate of drug-likeness (QED) is 0.716. The van der Waals surface area contributed by atoms with Crippen molar-refractivity contribution >= 4 is 22.6 Å². The van der Waals surface area contributed by atoms with Crippen LogP contribution in [-0.4, -0.2) is 16.1 Å². The highest BCUT2D eigenvalue weighted by Crippen LogP contribution is 2.23. The summed E-state index contributed by atoms with van der Waals surface area (Å²) in [6.45, 7) is 3.96. The first-order chi connectivity index (χ1) is 10.3. The van der Waals surface area contributed by atoms with Gasteiger partial charge in [-0.05, 0) is 42.8 Å². The molecule has 0 aliphatic heterocycles. The van der Waals surface area contributed by atoms with Gasteiger partial charge in [-0.25, -0.2) is 4.98 Å². The molecule has 4 heteroatoms. The van der Waals surface area contributed by atoms with E-state index in [-0.39, 0.29) is 0 Å². The highest BCUT2D eigenvalue weighted by Gasteiger charge is 2.06. The van der Waals surface area contributed by atoms with Gasteiger partial charge < -0.3 is 5.32 Å². The number of para-hydroxylation sites is 2. The van der Waals surface area contributed by atoms with E-state index in [1.807, 2.05) is 30.6 Å². The summed E-state index contributed by atoms with van der Waals surface area (Å²) in [4.78, 5) is 4.42. The molecule has 0 saturated carbocycles. The zero-order valence-electron chi connectivity index (χ0n) is 12.0. The number of halogens is 1. The Kier molecular flexibility index (Phi) is 4.23. The molecule has 0 amide bonds. The summed E-state index contributed by atoms with van der Waals surface area (Å²) in [6, 6.07) is 14.3. The second kappa shape index (κ2) is 6.29. The minimum Gasteiger partial charge on any atom is -0.313 e. The van der Waals surface area contributed by atoms with E-state index >= 15 is 0 Å². The van der Waals surface area contributed by atoms with Crippen molar-refractivity contribution in [2.75, 3.05) is 6.54 Å². The van der Waals surface area contributed by atoms with E-state index in [1.54, 1.807) is 0 Å². The molecule has 21 heavy (non-hydrogen) atoms. The Morgan fingerprint density at radius 3 is 2.86 bits per heavy atom. The van der Waals surface area contributed by atoms with Crippen LogP contribution in [0.5, 0.6) is 0 Å². The van der Waals surface area contributed by atoms with Crippen molar-refractivity contribution in [3.05, 3.63) is 59.4 Å². The van der Waals surface area contributed by atoms with Crippen molar-refractivity contribution in [1.82, 2.24) is 14.9 Å². The molecule has 3 nitrogen and oxygen atoms in total. The second-order valence-corrected chi connectivity index (χ2v) is 5.46. The van der Waals surface area contributed by atoms with E-state index in [2.05, 4.69) is 40.0 Å². The minimum atomic E-state index is 0.786. The predicted octanol–water partition coefficient (Wildman–Crippen LogP) is 4.18. The number of rotatable bonds is 5. The van der Waals surface area contributed by atoms with Crippen LogP contribution >= 0.6 is 11.6 Å². The topological polar surface area (TPSA) is 29.9 Å². The number of fused-ring (bicyclic) bond motifs is 1. The molecule has 0 saturated heterocycles. The van der Waals surface area contributed by atoms with Crippen LogP contribution in [0.25, 0.3) is 16.7 Å². The lowest BCUT2D eigenvalue weighted by Crippen LogP contribution is -2.14. The fourth-order valence-corrected chi connectivity index (χ4v) is 2.64. The van der Waals surface area contributed by atoms with Crippen LogP contribution in [0.3, 0.4) is 0 Å². The minimum absolute atomic E-state index is 0.786. The summed E-state index contributed by atoms with van der Waals surface area (Å²) in [7, 11) is 0. The zero-order chi connectivity index (χ0) is 14.7. The molecule has 2 aromatic carbocycles. The van der Waals surface area contributed by atoms with E-state index in [9.17, 15) is 0 Å². The van der Waals surface area contributed by atoms with Gasteiger partial charge in [0, 0.05) is 17.3 Å². The molecule has 0 radical (unpaired) electrons. The normalized spacial score (nSPS) is 11.1. The van der Waals surface area contributed by atoms with E-state index < -0.39 is 0 Å². The first kappa shape index (κ1) is 14.1. The maximum absolute atomic E-state index is 6.40. The fraction of sp³-hybridized carbons (Fsp3) is 0.235. The molecule has 1 N–H and O–H groups in total. The molecular formula is C17H18ClN3. The van der Waals surface area contributed by atoms with Crippen LogP contribution < -0.4 is 5.32 Å². The van der Waals surface area contributed by atoms with E-state index in [4.69, 9.17) is 11.6 Å². The lowest BCUT2D eigenvalue weighted by Gasteiger charge is -2.09. The largest absolute Gasteiger partial charge is 0.313 e. The monoisotopic (exact) mass is 299 g/mol. The molecule has 3 aromatic rings. The van der Waals surface area contributed by atoms with E-state index in [1.165, 1.54) is 0 Å². The molecule has 0 aliphatic rings. The lowest BCUT2D eigenvalue weighted by atomic mass is 10.2. The predicted molar refractivity (Wildman–Crippen MR) is 88.1 cm³/mol. The molecule has 0 bridgehead atoms. The molecule has 0 atom stereocenters. The van der Waals surface area contributed by atoms with Crippen LogP contribution in [0.2, 0.25) is 5.02 Å². The third-order valence-electron chi connectivity index (χ3n) is 3.51. The van der Waals surface area contributed by atoms with Gasteiger partial charge in [-0.1, -0.05) is 36.7 Å². The van der Waals surface area contributed by atoms with Gasteiger partial charge in [0.1, 0.15) is 6.33 Å². The summed E-state index contributed by atoms with van der Waals surface area (Å²) < 4.78 is 2.06. The highest BCUT2D eigenvalue weighted by molar-refractivity contribution is 6.31. The smallest absolute Gasteiger partial charge is 0.100 e. The van der Waals surface area contributed by atoms with Crippen LogP contribution in [0.4, 0.5) is 0 Å². The summed E-state index contributed by atoms with van der Waals surface area (Å²) in [5, 5.41) is 4.16. The van der Waals surface area contributed by atoms with Gasteiger partial charge in [0.15, 0.2) is 0 Å². The number of benzene rings is 2. The Labute approximate surface area is 129 Å². The first-order valence-corrected chi connectivity index (χ1v) is 7.59. The number of imidazole rings is 1. The lowest BCUT2D eigenvalue weighted by molar-refractivity contribution is 0.675.